The number of thiocarbonyl (C=S) groups is 1. The Hall–Kier alpha value is -2.64. The van der Waals surface area contributed by atoms with Crippen LogP contribution in [0.3, 0.4) is 0 Å². The van der Waals surface area contributed by atoms with Gasteiger partial charge in [-0.1, -0.05) is 19.1 Å². The molecule has 2 N–H and O–H groups in total. The molecule has 0 saturated carbocycles. The summed E-state index contributed by atoms with van der Waals surface area (Å²) in [6.45, 7) is 3.97. The van der Waals surface area contributed by atoms with Crippen molar-refractivity contribution in [2.75, 3.05) is 25.1 Å². The molecule has 0 radical (unpaired) electrons. The first-order valence-corrected chi connectivity index (χ1v) is 10.2. The number of hydrogen-bond donors (Lipinski definition) is 2. The lowest BCUT2D eigenvalue weighted by Crippen LogP contribution is -2.34. The second-order valence-corrected chi connectivity index (χ2v) is 7.13. The topological polar surface area (TPSA) is 68.8 Å². The number of anilines is 1. The second kappa shape index (κ2) is 10.8. The Balaban J connectivity index is 1.54. The Morgan fingerprint density at radius 2 is 1.97 bits per heavy atom. The Morgan fingerprint density at radius 1 is 1.17 bits per heavy atom. The zero-order chi connectivity index (χ0) is 20.5. The van der Waals surface area contributed by atoms with Crippen molar-refractivity contribution in [3.05, 3.63) is 54.1 Å². The maximum atomic E-state index is 12.4. The maximum absolute atomic E-state index is 12.4. The molecule has 154 valence electrons. The van der Waals surface area contributed by atoms with Crippen LogP contribution < -0.4 is 20.1 Å². The fourth-order valence-corrected chi connectivity index (χ4v) is 3.11. The van der Waals surface area contributed by atoms with Crippen molar-refractivity contribution in [2.24, 2.45) is 0 Å². The van der Waals surface area contributed by atoms with E-state index in [1.165, 1.54) is 0 Å². The van der Waals surface area contributed by atoms with Crippen molar-refractivity contribution in [3.8, 4) is 11.5 Å². The quantitative estimate of drug-likeness (QED) is 0.632. The van der Waals surface area contributed by atoms with E-state index in [0.29, 0.717) is 30.2 Å². The zero-order valence-corrected chi connectivity index (χ0v) is 17.3. The summed E-state index contributed by atoms with van der Waals surface area (Å²) in [5.41, 5.74) is 1.19. The molecule has 1 amide bonds. The fourth-order valence-electron chi connectivity index (χ4n) is 2.91. The van der Waals surface area contributed by atoms with Crippen LogP contribution >= 0.6 is 12.2 Å². The first-order chi connectivity index (χ1) is 14.2. The number of rotatable bonds is 8. The van der Waals surface area contributed by atoms with Gasteiger partial charge in [-0.05, 0) is 67.9 Å². The second-order valence-electron chi connectivity index (χ2n) is 6.72. The lowest BCUT2D eigenvalue weighted by atomic mass is 10.2. The number of benzene rings is 2. The summed E-state index contributed by atoms with van der Waals surface area (Å²) < 4.78 is 17.0. The lowest BCUT2D eigenvalue weighted by molar-refractivity contribution is 0.0682. The van der Waals surface area contributed by atoms with Gasteiger partial charge in [-0.25, -0.2) is 0 Å². The average Bonchev–Trinajstić information content (AvgIpc) is 3.25. The summed E-state index contributed by atoms with van der Waals surface area (Å²) in [5.74, 6) is 1.11. The van der Waals surface area contributed by atoms with E-state index in [2.05, 4.69) is 10.6 Å². The molecule has 0 spiro atoms. The predicted octanol–water partition coefficient (Wildman–Crippen LogP) is 4.16. The predicted molar refractivity (Wildman–Crippen MR) is 117 cm³/mol. The van der Waals surface area contributed by atoms with E-state index in [1.54, 1.807) is 24.3 Å². The standard InChI is InChI=1S/C22H26N2O4S/c1-2-13-26-17-11-9-16(10-12-17)21(25)24-22(29)23-19-7-3-4-8-20(19)28-15-18-6-5-14-27-18/h3-4,7-12,18H,2,5-6,13-15H2,1H3,(H2,23,24,25,29). The molecule has 0 bridgehead atoms. The SMILES string of the molecule is CCCOc1ccc(C(=O)NC(=S)Nc2ccccc2OCC2CCCO2)cc1. The minimum absolute atomic E-state index is 0.124. The van der Waals surface area contributed by atoms with Gasteiger partial charge in [0, 0.05) is 12.2 Å². The van der Waals surface area contributed by atoms with Gasteiger partial charge < -0.3 is 19.5 Å². The molecular formula is C22H26N2O4S. The molecule has 1 heterocycles. The van der Waals surface area contributed by atoms with Crippen LogP contribution in [-0.2, 0) is 4.74 Å². The summed E-state index contributed by atoms with van der Waals surface area (Å²) in [7, 11) is 0. The van der Waals surface area contributed by atoms with Gasteiger partial charge in [0.1, 0.15) is 18.1 Å². The van der Waals surface area contributed by atoms with E-state index in [1.807, 2.05) is 31.2 Å². The van der Waals surface area contributed by atoms with Crippen molar-refractivity contribution in [3.63, 3.8) is 0 Å². The van der Waals surface area contributed by atoms with E-state index in [0.717, 1.165) is 31.6 Å². The minimum atomic E-state index is -0.290. The molecule has 1 aliphatic heterocycles. The largest absolute Gasteiger partial charge is 0.494 e. The third kappa shape index (κ3) is 6.44. The summed E-state index contributed by atoms with van der Waals surface area (Å²) in [6.07, 6.45) is 3.13. The van der Waals surface area contributed by atoms with Crippen LogP contribution in [0.5, 0.6) is 11.5 Å². The highest BCUT2D eigenvalue weighted by molar-refractivity contribution is 7.80. The van der Waals surface area contributed by atoms with Crippen molar-refractivity contribution in [2.45, 2.75) is 32.3 Å². The number of amides is 1. The van der Waals surface area contributed by atoms with E-state index >= 15 is 0 Å². The number of hydrogen-bond acceptors (Lipinski definition) is 5. The highest BCUT2D eigenvalue weighted by Crippen LogP contribution is 2.25. The van der Waals surface area contributed by atoms with Gasteiger partial charge in [0.2, 0.25) is 0 Å². The summed E-state index contributed by atoms with van der Waals surface area (Å²) in [5, 5.41) is 5.93. The first-order valence-electron chi connectivity index (χ1n) is 9.84. The molecule has 1 unspecified atom stereocenters. The number of para-hydroxylation sites is 2. The lowest BCUT2D eigenvalue weighted by Gasteiger charge is -2.16. The van der Waals surface area contributed by atoms with Crippen LogP contribution in [0.4, 0.5) is 5.69 Å². The molecule has 29 heavy (non-hydrogen) atoms. The number of ether oxygens (including phenoxy) is 3. The van der Waals surface area contributed by atoms with Crippen molar-refractivity contribution >= 4 is 28.9 Å². The zero-order valence-electron chi connectivity index (χ0n) is 16.5. The highest BCUT2D eigenvalue weighted by atomic mass is 32.1. The summed E-state index contributed by atoms with van der Waals surface area (Å²) in [6, 6.07) is 14.4. The molecule has 1 aliphatic rings. The molecule has 2 aromatic rings. The normalized spacial score (nSPS) is 15.6. The molecular weight excluding hydrogens is 388 g/mol. The van der Waals surface area contributed by atoms with Gasteiger partial charge in [-0.2, -0.15) is 0 Å². The molecule has 3 rings (SSSR count). The molecule has 2 aromatic carbocycles. The van der Waals surface area contributed by atoms with Gasteiger partial charge >= 0.3 is 0 Å². The monoisotopic (exact) mass is 414 g/mol. The molecule has 1 atom stereocenters. The van der Waals surface area contributed by atoms with Crippen LogP contribution in [-0.4, -0.2) is 36.9 Å². The smallest absolute Gasteiger partial charge is 0.257 e. The van der Waals surface area contributed by atoms with Gasteiger partial charge in [0.05, 0.1) is 18.4 Å². The summed E-state index contributed by atoms with van der Waals surface area (Å²) >= 11 is 5.30. The number of carbonyl (C=O) groups is 1. The van der Waals surface area contributed by atoms with Gasteiger partial charge in [-0.3, -0.25) is 10.1 Å². The third-order valence-corrected chi connectivity index (χ3v) is 4.60. The Morgan fingerprint density at radius 3 is 2.69 bits per heavy atom. The molecule has 0 aliphatic carbocycles. The Labute approximate surface area is 176 Å². The van der Waals surface area contributed by atoms with Crippen molar-refractivity contribution in [1.29, 1.82) is 0 Å². The van der Waals surface area contributed by atoms with Crippen LogP contribution in [0, 0.1) is 0 Å². The van der Waals surface area contributed by atoms with Gasteiger partial charge in [0.25, 0.3) is 5.91 Å². The number of carbonyl (C=O) groups excluding carboxylic acids is 1. The molecule has 1 saturated heterocycles. The van der Waals surface area contributed by atoms with E-state index in [-0.39, 0.29) is 17.1 Å². The van der Waals surface area contributed by atoms with Gasteiger partial charge in [0.15, 0.2) is 5.11 Å². The highest BCUT2D eigenvalue weighted by Gasteiger charge is 2.17. The van der Waals surface area contributed by atoms with E-state index in [9.17, 15) is 4.79 Å². The third-order valence-electron chi connectivity index (χ3n) is 4.40. The van der Waals surface area contributed by atoms with E-state index < -0.39 is 0 Å². The van der Waals surface area contributed by atoms with Crippen LogP contribution in [0.1, 0.15) is 36.5 Å². The molecule has 0 aromatic heterocycles. The maximum Gasteiger partial charge on any atom is 0.257 e. The number of nitrogens with one attached hydrogen (secondary N) is 2. The van der Waals surface area contributed by atoms with Crippen LogP contribution in [0.2, 0.25) is 0 Å². The fraction of sp³-hybridized carbons (Fsp3) is 0.364. The van der Waals surface area contributed by atoms with Gasteiger partial charge in [-0.15, -0.1) is 0 Å². The van der Waals surface area contributed by atoms with Crippen molar-refractivity contribution < 1.29 is 19.0 Å². The van der Waals surface area contributed by atoms with Crippen LogP contribution in [0.15, 0.2) is 48.5 Å². The van der Waals surface area contributed by atoms with Crippen LogP contribution in [0.25, 0.3) is 0 Å². The average molecular weight is 415 g/mol. The Kier molecular flexibility index (Phi) is 7.84. The minimum Gasteiger partial charge on any atom is -0.494 e. The first kappa shape index (κ1) is 21.1. The van der Waals surface area contributed by atoms with E-state index in [4.69, 9.17) is 26.4 Å². The molecule has 1 fully saturated rings. The Bertz CT molecular complexity index is 820. The molecule has 6 nitrogen and oxygen atoms in total. The molecule has 7 heteroatoms. The van der Waals surface area contributed by atoms with Crippen molar-refractivity contribution in [1.82, 2.24) is 5.32 Å². The summed E-state index contributed by atoms with van der Waals surface area (Å²) in [4.78, 5) is 12.4.